The first-order valence-corrected chi connectivity index (χ1v) is 29.5. The van der Waals surface area contributed by atoms with Crippen LogP contribution >= 0.6 is 7.82 Å². The molecule has 0 aromatic carbocycles. The molecule has 0 aliphatic heterocycles. The zero-order valence-corrected chi connectivity index (χ0v) is 44.1. The quantitative estimate of drug-likeness (QED) is 0.0145. The van der Waals surface area contributed by atoms with E-state index in [1.54, 1.807) is 0 Å². The molecule has 402 valence electrons. The summed E-state index contributed by atoms with van der Waals surface area (Å²) in [5.74, 6) is -1.08. The van der Waals surface area contributed by atoms with Crippen LogP contribution < -0.4 is 0 Å². The summed E-state index contributed by atoms with van der Waals surface area (Å²) in [6.07, 6.45) is 36.8. The summed E-state index contributed by atoms with van der Waals surface area (Å²) in [6, 6.07) is 0. The Balaban J connectivity index is 2.34. The lowest BCUT2D eigenvalue weighted by molar-refractivity contribution is -0.220. The van der Waals surface area contributed by atoms with Gasteiger partial charge in [0.1, 0.15) is 43.2 Å². The lowest BCUT2D eigenvalue weighted by Crippen LogP contribution is -2.64. The maximum Gasteiger partial charge on any atom is 0.472 e. The van der Waals surface area contributed by atoms with E-state index < -0.39 is 75.7 Å². The van der Waals surface area contributed by atoms with E-state index >= 15 is 0 Å². The van der Waals surface area contributed by atoms with Gasteiger partial charge in [0, 0.05) is 12.8 Å². The van der Waals surface area contributed by atoms with Crippen LogP contribution in [0.2, 0.25) is 0 Å². The third-order valence-corrected chi connectivity index (χ3v) is 14.3. The van der Waals surface area contributed by atoms with E-state index in [1.165, 1.54) is 173 Å². The number of ether oxygens (including phenoxy) is 2. The molecule has 1 rings (SSSR count). The van der Waals surface area contributed by atoms with Gasteiger partial charge in [0.2, 0.25) is 0 Å². The second-order valence-corrected chi connectivity index (χ2v) is 21.2. The van der Waals surface area contributed by atoms with E-state index in [0.717, 1.165) is 51.4 Å². The SMILES string of the molecule is CCCCCCCC/C=C\CCCCCCCCCCCC(=O)OC(COC(=O)CCCCCCCCCCCCCCCCCCCCCC)COP(=O)(O)OC1C(O)C(O)C(O)C(O)C1O. The van der Waals surface area contributed by atoms with Crippen LogP contribution in [-0.4, -0.2) is 98.3 Å². The highest BCUT2D eigenvalue weighted by molar-refractivity contribution is 7.47. The Morgan fingerprint density at radius 3 is 1.12 bits per heavy atom. The first kappa shape index (κ1) is 64.6. The molecule has 0 saturated heterocycles. The minimum Gasteiger partial charge on any atom is -0.462 e. The number of allylic oxidation sites excluding steroid dienone is 2. The van der Waals surface area contributed by atoms with Crippen molar-refractivity contribution in [3.63, 3.8) is 0 Å². The van der Waals surface area contributed by atoms with Crippen molar-refractivity contribution < 1.29 is 63.1 Å². The highest BCUT2D eigenvalue weighted by Crippen LogP contribution is 2.47. The van der Waals surface area contributed by atoms with Crippen molar-refractivity contribution in [3.8, 4) is 0 Å². The van der Waals surface area contributed by atoms with Crippen LogP contribution in [-0.2, 0) is 32.7 Å². The van der Waals surface area contributed by atoms with Crippen LogP contribution in [0, 0.1) is 0 Å². The number of unbranched alkanes of at least 4 members (excludes halogenated alkanes) is 34. The Labute approximate surface area is 413 Å². The predicted octanol–water partition coefficient (Wildman–Crippen LogP) is 12.6. The number of hydrogen-bond donors (Lipinski definition) is 6. The van der Waals surface area contributed by atoms with Crippen LogP contribution in [0.15, 0.2) is 12.2 Å². The average molecular weight is 991 g/mol. The molecule has 1 aliphatic rings. The van der Waals surface area contributed by atoms with Crippen molar-refractivity contribution in [2.24, 2.45) is 0 Å². The zero-order valence-electron chi connectivity index (χ0n) is 43.2. The molecule has 14 heteroatoms. The fourth-order valence-corrected chi connectivity index (χ4v) is 9.85. The monoisotopic (exact) mass is 991 g/mol. The molecule has 0 aromatic rings. The van der Waals surface area contributed by atoms with E-state index in [9.17, 15) is 44.6 Å². The van der Waals surface area contributed by atoms with Crippen molar-refractivity contribution >= 4 is 19.8 Å². The van der Waals surface area contributed by atoms with E-state index in [1.807, 2.05) is 0 Å². The van der Waals surface area contributed by atoms with Gasteiger partial charge in [-0.25, -0.2) is 4.57 Å². The van der Waals surface area contributed by atoms with Gasteiger partial charge < -0.3 is 39.9 Å². The molecule has 1 aliphatic carbocycles. The van der Waals surface area contributed by atoms with Crippen molar-refractivity contribution in [3.05, 3.63) is 12.2 Å². The summed E-state index contributed by atoms with van der Waals surface area (Å²) < 4.78 is 33.7. The summed E-state index contributed by atoms with van der Waals surface area (Å²) in [5.41, 5.74) is 0. The molecule has 0 radical (unpaired) electrons. The number of phosphoric ester groups is 1. The Hall–Kier alpha value is -1.41. The normalized spacial score (nSPS) is 21.0. The zero-order chi connectivity index (χ0) is 49.9. The summed E-state index contributed by atoms with van der Waals surface area (Å²) in [4.78, 5) is 35.9. The van der Waals surface area contributed by atoms with Gasteiger partial charge in [0.25, 0.3) is 0 Å². The highest BCUT2D eigenvalue weighted by Gasteiger charge is 2.51. The van der Waals surface area contributed by atoms with E-state index in [4.69, 9.17) is 18.5 Å². The van der Waals surface area contributed by atoms with Crippen LogP contribution in [0.4, 0.5) is 0 Å². The first-order valence-electron chi connectivity index (χ1n) is 28.0. The number of carbonyl (C=O) groups excluding carboxylic acids is 2. The first-order chi connectivity index (χ1) is 32.9. The minimum atomic E-state index is -5.12. The van der Waals surface area contributed by atoms with Crippen molar-refractivity contribution in [2.45, 2.75) is 307 Å². The van der Waals surface area contributed by atoms with Gasteiger partial charge in [-0.15, -0.1) is 0 Å². The minimum absolute atomic E-state index is 0.0993. The Morgan fingerprint density at radius 2 is 0.750 bits per heavy atom. The van der Waals surface area contributed by atoms with Crippen molar-refractivity contribution in [1.29, 1.82) is 0 Å². The third kappa shape index (κ3) is 35.7. The van der Waals surface area contributed by atoms with Gasteiger partial charge in [-0.3, -0.25) is 18.6 Å². The Kier molecular flexibility index (Phi) is 42.1. The van der Waals surface area contributed by atoms with E-state index in [2.05, 4.69) is 26.0 Å². The molecule has 0 amide bonds. The lowest BCUT2D eigenvalue weighted by Gasteiger charge is -2.41. The topological polar surface area (TPSA) is 210 Å². The molecule has 6 unspecified atom stereocenters. The summed E-state index contributed by atoms with van der Waals surface area (Å²) >= 11 is 0. The van der Waals surface area contributed by atoms with Gasteiger partial charge in [-0.1, -0.05) is 225 Å². The van der Waals surface area contributed by atoms with Crippen LogP contribution in [0.3, 0.4) is 0 Å². The van der Waals surface area contributed by atoms with Crippen molar-refractivity contribution in [2.75, 3.05) is 13.2 Å². The molecular formula is C54H103O13P. The fourth-order valence-electron chi connectivity index (χ4n) is 8.87. The number of carbonyl (C=O) groups is 2. The number of aliphatic hydroxyl groups is 5. The molecule has 0 heterocycles. The van der Waals surface area contributed by atoms with Crippen LogP contribution in [0.5, 0.6) is 0 Å². The summed E-state index contributed by atoms with van der Waals surface area (Å²) in [6.45, 7) is 3.35. The van der Waals surface area contributed by atoms with E-state index in [-0.39, 0.29) is 12.8 Å². The number of aliphatic hydroxyl groups excluding tert-OH is 5. The molecule has 68 heavy (non-hydrogen) atoms. The van der Waals surface area contributed by atoms with Gasteiger partial charge in [-0.05, 0) is 38.5 Å². The number of hydrogen-bond acceptors (Lipinski definition) is 12. The average Bonchev–Trinajstić information content (AvgIpc) is 3.32. The highest BCUT2D eigenvalue weighted by atomic mass is 31.2. The largest absolute Gasteiger partial charge is 0.472 e. The van der Waals surface area contributed by atoms with Gasteiger partial charge in [0.15, 0.2) is 6.10 Å². The van der Waals surface area contributed by atoms with Gasteiger partial charge in [0.05, 0.1) is 6.61 Å². The van der Waals surface area contributed by atoms with Crippen molar-refractivity contribution in [1.82, 2.24) is 0 Å². The second kappa shape index (κ2) is 44.3. The molecule has 13 nitrogen and oxygen atoms in total. The molecule has 0 aromatic heterocycles. The number of rotatable bonds is 48. The fraction of sp³-hybridized carbons (Fsp3) is 0.926. The lowest BCUT2D eigenvalue weighted by atomic mass is 9.85. The maximum atomic E-state index is 12.9. The summed E-state index contributed by atoms with van der Waals surface area (Å²) in [7, 11) is -5.12. The predicted molar refractivity (Wildman–Crippen MR) is 272 cm³/mol. The molecule has 6 N–H and O–H groups in total. The number of esters is 2. The van der Waals surface area contributed by atoms with Gasteiger partial charge >= 0.3 is 19.8 Å². The maximum absolute atomic E-state index is 12.9. The smallest absolute Gasteiger partial charge is 0.462 e. The molecule has 0 bridgehead atoms. The van der Waals surface area contributed by atoms with Gasteiger partial charge in [-0.2, -0.15) is 0 Å². The Bertz CT molecular complexity index is 1240. The third-order valence-electron chi connectivity index (χ3n) is 13.4. The number of phosphoric acid groups is 1. The Morgan fingerprint density at radius 1 is 0.441 bits per heavy atom. The molecule has 1 fully saturated rings. The second-order valence-electron chi connectivity index (χ2n) is 19.8. The van der Waals surface area contributed by atoms with Crippen LogP contribution in [0.1, 0.15) is 264 Å². The molecular weight excluding hydrogens is 888 g/mol. The molecule has 0 spiro atoms. The molecule has 6 atom stereocenters. The van der Waals surface area contributed by atoms with E-state index in [0.29, 0.717) is 12.8 Å². The standard InChI is InChI=1S/C54H103O13P/c1-3-5-7-9-11-13-15-17-19-21-23-25-26-28-30-32-34-36-38-40-42-47(55)64-44-46(45-65-68(62,63)67-54-52(60)50(58)49(57)51(59)53(54)61)66-48(56)43-41-39-37-35-33-31-29-27-24-22-20-18-16-14-12-10-8-6-4-2/h18,20,46,49-54,57-61H,3-17,19,21-45H2,1-2H3,(H,62,63)/b20-18-. The summed E-state index contributed by atoms with van der Waals surface area (Å²) in [5, 5.41) is 50.3. The van der Waals surface area contributed by atoms with Crippen LogP contribution in [0.25, 0.3) is 0 Å². The molecule has 1 saturated carbocycles.